The predicted octanol–water partition coefficient (Wildman–Crippen LogP) is 4.98. The van der Waals surface area contributed by atoms with Gasteiger partial charge >= 0.3 is 0 Å². The summed E-state index contributed by atoms with van der Waals surface area (Å²) in [5.74, 6) is 0.153. The number of pyridine rings is 1. The Morgan fingerprint density at radius 2 is 1.78 bits per heavy atom. The van der Waals surface area contributed by atoms with E-state index in [2.05, 4.69) is 25.9 Å². The number of Topliss-reactive ketones (excluding diaryl/α,β-unsaturated/α-hetero) is 1. The van der Waals surface area contributed by atoms with E-state index < -0.39 is 17.5 Å². The SMILES string of the molecule is COc1cn(C(Cc2ccccc2)C(=O)Nc2ccc(-c3nn[nH]n3)cc2)c(=O)cc1-c1cc(Cl)ccc1C(C)=O. The normalized spacial score (nSPS) is 11.6. The zero-order valence-electron chi connectivity index (χ0n) is 22.2. The van der Waals surface area contributed by atoms with Crippen molar-refractivity contribution in [2.75, 3.05) is 12.4 Å². The predicted molar refractivity (Wildman–Crippen MR) is 155 cm³/mol. The highest BCUT2D eigenvalue weighted by Gasteiger charge is 2.25. The molecule has 2 heterocycles. The molecule has 0 bridgehead atoms. The molecule has 0 aliphatic rings. The van der Waals surface area contributed by atoms with Crippen molar-refractivity contribution < 1.29 is 14.3 Å². The Kier molecular flexibility index (Phi) is 8.02. The number of carbonyl (C=O) groups excluding carboxylic acids is 2. The molecule has 41 heavy (non-hydrogen) atoms. The van der Waals surface area contributed by atoms with Gasteiger partial charge in [-0.3, -0.25) is 19.0 Å². The van der Waals surface area contributed by atoms with E-state index in [4.69, 9.17) is 16.3 Å². The quantitative estimate of drug-likeness (QED) is 0.240. The van der Waals surface area contributed by atoms with E-state index >= 15 is 0 Å². The molecule has 0 saturated heterocycles. The maximum Gasteiger partial charge on any atom is 0.252 e. The molecule has 2 N–H and O–H groups in total. The fourth-order valence-electron chi connectivity index (χ4n) is 4.56. The summed E-state index contributed by atoms with van der Waals surface area (Å²) in [6, 6.07) is 21.6. The molecule has 5 aromatic rings. The first-order valence-corrected chi connectivity index (χ1v) is 13.0. The number of aromatic nitrogens is 5. The van der Waals surface area contributed by atoms with Gasteiger partial charge in [0, 0.05) is 39.9 Å². The molecule has 0 radical (unpaired) electrons. The average Bonchev–Trinajstić information content (AvgIpc) is 3.52. The Balaban J connectivity index is 1.54. The van der Waals surface area contributed by atoms with Crippen LogP contribution >= 0.6 is 11.6 Å². The number of benzene rings is 3. The summed E-state index contributed by atoms with van der Waals surface area (Å²) in [5.41, 5.74) is 2.94. The average molecular weight is 569 g/mol. The van der Waals surface area contributed by atoms with Crippen LogP contribution in [0.15, 0.2) is 89.9 Å². The summed E-state index contributed by atoms with van der Waals surface area (Å²) in [6.45, 7) is 1.44. The minimum atomic E-state index is -0.920. The lowest BCUT2D eigenvalue weighted by atomic mass is 9.97. The highest BCUT2D eigenvalue weighted by molar-refractivity contribution is 6.31. The maximum atomic E-state index is 13.7. The molecule has 1 unspecified atom stereocenters. The van der Waals surface area contributed by atoms with E-state index in [9.17, 15) is 14.4 Å². The summed E-state index contributed by atoms with van der Waals surface area (Å²) < 4.78 is 7.00. The molecule has 11 heteroatoms. The van der Waals surface area contributed by atoms with Crippen molar-refractivity contribution in [1.29, 1.82) is 0 Å². The Morgan fingerprint density at radius 1 is 1.02 bits per heavy atom. The third-order valence-corrected chi connectivity index (χ3v) is 6.82. The molecular weight excluding hydrogens is 544 g/mol. The number of aromatic amines is 1. The number of rotatable bonds is 9. The van der Waals surface area contributed by atoms with Gasteiger partial charge in [0.1, 0.15) is 11.8 Å². The first kappa shape index (κ1) is 27.5. The second-order valence-electron chi connectivity index (χ2n) is 9.25. The number of anilines is 1. The van der Waals surface area contributed by atoms with Crippen LogP contribution in [0.4, 0.5) is 5.69 Å². The monoisotopic (exact) mass is 568 g/mol. The van der Waals surface area contributed by atoms with Gasteiger partial charge in [-0.25, -0.2) is 0 Å². The van der Waals surface area contributed by atoms with Crippen molar-refractivity contribution in [3.8, 4) is 28.3 Å². The van der Waals surface area contributed by atoms with Crippen LogP contribution in [0.25, 0.3) is 22.5 Å². The van der Waals surface area contributed by atoms with E-state index in [0.29, 0.717) is 39.0 Å². The van der Waals surface area contributed by atoms with Crippen LogP contribution in [0, 0.1) is 0 Å². The van der Waals surface area contributed by atoms with Gasteiger partial charge in [-0.2, -0.15) is 5.21 Å². The molecule has 1 amide bonds. The van der Waals surface area contributed by atoms with Gasteiger partial charge in [0.2, 0.25) is 11.7 Å². The molecule has 5 rings (SSSR count). The Morgan fingerprint density at radius 3 is 2.44 bits per heavy atom. The number of nitrogens with one attached hydrogen (secondary N) is 2. The molecule has 206 valence electrons. The summed E-state index contributed by atoms with van der Waals surface area (Å²) in [7, 11) is 1.46. The molecule has 0 spiro atoms. The zero-order chi connectivity index (χ0) is 28.9. The van der Waals surface area contributed by atoms with Crippen LogP contribution < -0.4 is 15.6 Å². The Labute approximate surface area is 240 Å². The number of hydrogen-bond donors (Lipinski definition) is 2. The van der Waals surface area contributed by atoms with Crippen LogP contribution in [-0.2, 0) is 11.2 Å². The molecule has 10 nitrogen and oxygen atoms in total. The molecule has 1 atom stereocenters. The molecule has 0 saturated carbocycles. The van der Waals surface area contributed by atoms with Crippen LogP contribution in [0.3, 0.4) is 0 Å². The fourth-order valence-corrected chi connectivity index (χ4v) is 4.73. The van der Waals surface area contributed by atoms with E-state index in [0.717, 1.165) is 11.1 Å². The number of nitrogens with zero attached hydrogens (tertiary/aromatic N) is 4. The lowest BCUT2D eigenvalue weighted by Crippen LogP contribution is -2.34. The number of tetrazole rings is 1. The lowest BCUT2D eigenvalue weighted by Gasteiger charge is -2.22. The third-order valence-electron chi connectivity index (χ3n) is 6.58. The van der Waals surface area contributed by atoms with E-state index in [-0.39, 0.29) is 12.2 Å². The first-order chi connectivity index (χ1) is 19.8. The highest BCUT2D eigenvalue weighted by atomic mass is 35.5. The van der Waals surface area contributed by atoms with Gasteiger partial charge in [0.05, 0.1) is 13.3 Å². The molecule has 0 aliphatic carbocycles. The van der Waals surface area contributed by atoms with Crippen molar-refractivity contribution in [2.24, 2.45) is 0 Å². The number of amides is 1. The maximum absolute atomic E-state index is 13.7. The number of carbonyl (C=O) groups is 2. The van der Waals surface area contributed by atoms with Crippen molar-refractivity contribution in [3.05, 3.63) is 112 Å². The number of H-pyrrole nitrogens is 1. The van der Waals surface area contributed by atoms with Gasteiger partial charge < -0.3 is 10.1 Å². The Hall–Kier alpha value is -5.09. The summed E-state index contributed by atoms with van der Waals surface area (Å²) in [5, 5.41) is 17.2. The van der Waals surface area contributed by atoms with Crippen LogP contribution in [-0.4, -0.2) is 44.0 Å². The second-order valence-corrected chi connectivity index (χ2v) is 9.69. The van der Waals surface area contributed by atoms with Gasteiger partial charge in [0.15, 0.2) is 5.78 Å². The van der Waals surface area contributed by atoms with E-state index in [1.165, 1.54) is 30.9 Å². The number of halogens is 1. The number of ketones is 1. The smallest absolute Gasteiger partial charge is 0.252 e. The molecule has 0 fully saturated rings. The van der Waals surface area contributed by atoms with Crippen molar-refractivity contribution >= 4 is 29.0 Å². The van der Waals surface area contributed by atoms with Gasteiger partial charge in [0.25, 0.3) is 5.56 Å². The van der Waals surface area contributed by atoms with Crippen LogP contribution in [0.1, 0.15) is 28.9 Å². The summed E-state index contributed by atoms with van der Waals surface area (Å²) in [6.07, 6.45) is 1.74. The van der Waals surface area contributed by atoms with Crippen LogP contribution in [0.2, 0.25) is 5.02 Å². The highest BCUT2D eigenvalue weighted by Crippen LogP contribution is 2.34. The number of ether oxygens (including phenoxy) is 1. The fraction of sp³-hybridized carbons (Fsp3) is 0.133. The van der Waals surface area contributed by atoms with Crippen molar-refractivity contribution in [3.63, 3.8) is 0 Å². The van der Waals surface area contributed by atoms with Gasteiger partial charge in [-0.05, 0) is 65.7 Å². The molecule has 3 aromatic carbocycles. The topological polar surface area (TPSA) is 132 Å². The number of methoxy groups -OCH3 is 1. The third kappa shape index (κ3) is 6.07. The summed E-state index contributed by atoms with van der Waals surface area (Å²) >= 11 is 6.24. The number of hydrogen-bond acceptors (Lipinski definition) is 7. The van der Waals surface area contributed by atoms with Gasteiger partial charge in [-0.15, -0.1) is 10.2 Å². The Bertz CT molecular complexity index is 1750. The van der Waals surface area contributed by atoms with Crippen molar-refractivity contribution in [2.45, 2.75) is 19.4 Å². The van der Waals surface area contributed by atoms with Crippen LogP contribution in [0.5, 0.6) is 5.75 Å². The van der Waals surface area contributed by atoms with E-state index in [1.54, 1.807) is 42.5 Å². The summed E-state index contributed by atoms with van der Waals surface area (Å²) in [4.78, 5) is 39.6. The molecular formula is C30H25ClN6O4. The molecule has 2 aromatic heterocycles. The van der Waals surface area contributed by atoms with Gasteiger partial charge in [-0.1, -0.05) is 41.9 Å². The largest absolute Gasteiger partial charge is 0.495 e. The van der Waals surface area contributed by atoms with Crippen molar-refractivity contribution in [1.82, 2.24) is 25.2 Å². The zero-order valence-corrected chi connectivity index (χ0v) is 22.9. The first-order valence-electron chi connectivity index (χ1n) is 12.6. The second kappa shape index (κ2) is 12.0. The molecule has 0 aliphatic heterocycles. The minimum absolute atomic E-state index is 0.186. The van der Waals surface area contributed by atoms with E-state index in [1.807, 2.05) is 30.3 Å². The standard InChI is InChI=1S/C30H25ClN6O4/c1-18(38)23-13-10-21(31)15-24(23)25-16-28(39)37(17-27(25)41-2)26(14-19-6-4-3-5-7-19)30(40)32-22-11-8-20(9-12-22)29-33-35-36-34-29/h3-13,15-17,26H,14H2,1-2H3,(H,32,40)(H,33,34,35,36). The lowest BCUT2D eigenvalue weighted by molar-refractivity contribution is -0.119. The minimum Gasteiger partial charge on any atom is -0.495 e.